The first-order chi connectivity index (χ1) is 9.13. The summed E-state index contributed by atoms with van der Waals surface area (Å²) in [5, 5.41) is 9.17. The predicted molar refractivity (Wildman–Crippen MR) is 76.4 cm³/mol. The van der Waals surface area contributed by atoms with Gasteiger partial charge in [-0.1, -0.05) is 6.92 Å². The summed E-state index contributed by atoms with van der Waals surface area (Å²) in [6.45, 7) is 5.79. The molecule has 0 fully saturated rings. The minimum atomic E-state index is 0.0656. The second kappa shape index (κ2) is 7.91. The van der Waals surface area contributed by atoms with Crippen molar-refractivity contribution in [1.82, 2.24) is 9.97 Å². The van der Waals surface area contributed by atoms with Gasteiger partial charge in [-0.3, -0.25) is 0 Å². The maximum absolute atomic E-state index is 9.17. The lowest BCUT2D eigenvalue weighted by atomic mass is 10.2. The van der Waals surface area contributed by atoms with Crippen molar-refractivity contribution in [3.05, 3.63) is 11.4 Å². The van der Waals surface area contributed by atoms with Gasteiger partial charge in [0.25, 0.3) is 0 Å². The second-order valence-electron chi connectivity index (χ2n) is 4.43. The first-order valence-corrected chi connectivity index (χ1v) is 6.61. The van der Waals surface area contributed by atoms with E-state index in [2.05, 4.69) is 16.9 Å². The van der Waals surface area contributed by atoms with Crippen LogP contribution in [0.15, 0.2) is 0 Å². The third kappa shape index (κ3) is 4.33. The molecule has 1 heterocycles. The van der Waals surface area contributed by atoms with Gasteiger partial charge in [-0.15, -0.1) is 0 Å². The maximum atomic E-state index is 9.17. The molecule has 0 aliphatic carbocycles. The summed E-state index contributed by atoms with van der Waals surface area (Å²) in [6.07, 6.45) is 1.77. The van der Waals surface area contributed by atoms with E-state index in [0.717, 1.165) is 30.0 Å². The Labute approximate surface area is 114 Å². The molecule has 0 saturated carbocycles. The van der Waals surface area contributed by atoms with Crippen LogP contribution in [-0.2, 0) is 11.2 Å². The summed E-state index contributed by atoms with van der Waals surface area (Å²) >= 11 is 0. The Morgan fingerprint density at radius 2 is 2.05 bits per heavy atom. The van der Waals surface area contributed by atoms with Crippen LogP contribution in [-0.4, -0.2) is 48.5 Å². The number of aryl methyl sites for hydroxylation is 1. The molecule has 0 aromatic carbocycles. The van der Waals surface area contributed by atoms with Gasteiger partial charge in [0.15, 0.2) is 0 Å². The number of methoxy groups -OCH3 is 1. The topological polar surface area (TPSA) is 84.5 Å². The number of nitrogens with two attached hydrogens (primary N) is 1. The molecule has 0 atom stereocenters. The number of anilines is 2. The Balaban J connectivity index is 3.04. The summed E-state index contributed by atoms with van der Waals surface area (Å²) in [5.74, 6) is 2.05. The lowest BCUT2D eigenvalue weighted by Gasteiger charge is -2.25. The molecule has 6 nitrogen and oxygen atoms in total. The molecule has 0 saturated heterocycles. The van der Waals surface area contributed by atoms with Crippen molar-refractivity contribution in [2.75, 3.05) is 44.0 Å². The van der Waals surface area contributed by atoms with E-state index in [-0.39, 0.29) is 6.61 Å². The lowest BCUT2D eigenvalue weighted by Crippen LogP contribution is -2.32. The molecule has 0 unspecified atom stereocenters. The number of aliphatic hydroxyl groups is 1. The number of nitrogens with zero attached hydrogens (tertiary/aromatic N) is 3. The zero-order chi connectivity index (χ0) is 14.3. The molecule has 0 aliphatic rings. The van der Waals surface area contributed by atoms with Crippen molar-refractivity contribution in [2.24, 2.45) is 0 Å². The number of hydrogen-bond acceptors (Lipinski definition) is 6. The molecule has 0 spiro atoms. The smallest absolute Gasteiger partial charge is 0.137 e. The SMILES string of the molecule is CCCc1nc(N)c(C)c(N(CCO)CCOC)n1. The molecule has 1 rings (SSSR count). The Kier molecular flexibility index (Phi) is 6.52. The Bertz CT molecular complexity index is 398. The van der Waals surface area contributed by atoms with E-state index in [9.17, 15) is 5.11 Å². The Morgan fingerprint density at radius 3 is 2.63 bits per heavy atom. The van der Waals surface area contributed by atoms with E-state index in [4.69, 9.17) is 10.5 Å². The average Bonchev–Trinajstić information content (AvgIpc) is 2.39. The molecule has 0 bridgehead atoms. The number of nitrogen functional groups attached to an aromatic ring is 1. The largest absolute Gasteiger partial charge is 0.395 e. The summed E-state index contributed by atoms with van der Waals surface area (Å²) in [4.78, 5) is 10.8. The molecule has 0 aliphatic heterocycles. The molecule has 3 N–H and O–H groups in total. The zero-order valence-corrected chi connectivity index (χ0v) is 12.0. The fraction of sp³-hybridized carbons (Fsp3) is 0.692. The number of hydrogen-bond donors (Lipinski definition) is 2. The van der Waals surface area contributed by atoms with E-state index < -0.39 is 0 Å². The van der Waals surface area contributed by atoms with Crippen LogP contribution >= 0.6 is 0 Å². The van der Waals surface area contributed by atoms with Crippen LogP contribution < -0.4 is 10.6 Å². The fourth-order valence-electron chi connectivity index (χ4n) is 1.86. The predicted octanol–water partition coefficient (Wildman–Crippen LogP) is 0.765. The summed E-state index contributed by atoms with van der Waals surface area (Å²) < 4.78 is 5.09. The standard InChI is InChI=1S/C13H24N4O2/c1-4-5-11-15-12(14)10(2)13(16-11)17(6-8-18)7-9-19-3/h18H,4-9H2,1-3H3,(H2,14,15,16). The van der Waals surface area contributed by atoms with Gasteiger partial charge in [0.05, 0.1) is 13.2 Å². The van der Waals surface area contributed by atoms with Crippen molar-refractivity contribution in [1.29, 1.82) is 0 Å². The van der Waals surface area contributed by atoms with Gasteiger partial charge in [-0.2, -0.15) is 0 Å². The average molecular weight is 268 g/mol. The van der Waals surface area contributed by atoms with Crippen molar-refractivity contribution in [2.45, 2.75) is 26.7 Å². The van der Waals surface area contributed by atoms with Crippen LogP contribution in [0, 0.1) is 6.92 Å². The molecule has 1 aromatic rings. The number of aliphatic hydroxyl groups excluding tert-OH is 1. The fourth-order valence-corrected chi connectivity index (χ4v) is 1.86. The van der Waals surface area contributed by atoms with Crippen molar-refractivity contribution < 1.29 is 9.84 Å². The molecular weight excluding hydrogens is 244 g/mol. The van der Waals surface area contributed by atoms with Crippen molar-refractivity contribution in [3.8, 4) is 0 Å². The third-order valence-corrected chi connectivity index (χ3v) is 2.91. The highest BCUT2D eigenvalue weighted by atomic mass is 16.5. The summed E-state index contributed by atoms with van der Waals surface area (Å²) in [6, 6.07) is 0. The van der Waals surface area contributed by atoms with Crippen LogP contribution in [0.25, 0.3) is 0 Å². The molecular formula is C13H24N4O2. The molecule has 6 heteroatoms. The van der Waals surface area contributed by atoms with E-state index >= 15 is 0 Å². The highest BCUT2D eigenvalue weighted by Crippen LogP contribution is 2.21. The molecule has 19 heavy (non-hydrogen) atoms. The molecule has 0 amide bonds. The quantitative estimate of drug-likeness (QED) is 0.724. The van der Waals surface area contributed by atoms with Gasteiger partial charge < -0.3 is 20.5 Å². The number of aromatic nitrogens is 2. The molecule has 108 valence electrons. The van der Waals surface area contributed by atoms with E-state index in [1.807, 2.05) is 11.8 Å². The van der Waals surface area contributed by atoms with Gasteiger partial charge in [0, 0.05) is 32.2 Å². The monoisotopic (exact) mass is 268 g/mol. The van der Waals surface area contributed by atoms with Crippen LogP contribution in [0.2, 0.25) is 0 Å². The number of ether oxygens (including phenoxy) is 1. The molecule has 0 radical (unpaired) electrons. The van der Waals surface area contributed by atoms with Crippen molar-refractivity contribution >= 4 is 11.6 Å². The zero-order valence-electron chi connectivity index (χ0n) is 12.0. The molecule has 1 aromatic heterocycles. The maximum Gasteiger partial charge on any atom is 0.137 e. The summed E-state index contributed by atoms with van der Waals surface area (Å²) in [5.41, 5.74) is 6.79. The van der Waals surface area contributed by atoms with Crippen LogP contribution in [0.4, 0.5) is 11.6 Å². The first-order valence-electron chi connectivity index (χ1n) is 6.61. The second-order valence-corrected chi connectivity index (χ2v) is 4.43. The van der Waals surface area contributed by atoms with Gasteiger partial charge >= 0.3 is 0 Å². The van der Waals surface area contributed by atoms with E-state index in [1.165, 1.54) is 0 Å². The van der Waals surface area contributed by atoms with E-state index in [0.29, 0.717) is 25.5 Å². The first kappa shape index (κ1) is 15.7. The van der Waals surface area contributed by atoms with Gasteiger partial charge in [0.2, 0.25) is 0 Å². The normalized spacial score (nSPS) is 10.7. The van der Waals surface area contributed by atoms with Crippen molar-refractivity contribution in [3.63, 3.8) is 0 Å². The summed E-state index contributed by atoms with van der Waals surface area (Å²) in [7, 11) is 1.65. The minimum Gasteiger partial charge on any atom is -0.395 e. The van der Waals surface area contributed by atoms with Crippen LogP contribution in [0.3, 0.4) is 0 Å². The van der Waals surface area contributed by atoms with Gasteiger partial charge in [-0.25, -0.2) is 9.97 Å². The Morgan fingerprint density at radius 1 is 1.32 bits per heavy atom. The number of rotatable bonds is 8. The van der Waals surface area contributed by atoms with Gasteiger partial charge in [-0.05, 0) is 13.3 Å². The van der Waals surface area contributed by atoms with Gasteiger partial charge in [0.1, 0.15) is 17.5 Å². The van der Waals surface area contributed by atoms with Crippen LogP contribution in [0.1, 0.15) is 24.7 Å². The highest BCUT2D eigenvalue weighted by molar-refractivity contribution is 5.56. The van der Waals surface area contributed by atoms with E-state index in [1.54, 1.807) is 7.11 Å². The Hall–Kier alpha value is -1.40. The van der Waals surface area contributed by atoms with Crippen LogP contribution in [0.5, 0.6) is 0 Å². The minimum absolute atomic E-state index is 0.0656. The third-order valence-electron chi connectivity index (χ3n) is 2.91. The highest BCUT2D eigenvalue weighted by Gasteiger charge is 2.14. The lowest BCUT2D eigenvalue weighted by molar-refractivity contribution is 0.202.